The fourth-order valence-electron chi connectivity index (χ4n) is 2.34. The Hall–Kier alpha value is -0.600. The second-order valence-corrected chi connectivity index (χ2v) is 4.85. The van der Waals surface area contributed by atoms with Crippen LogP contribution in [0, 0.1) is 5.92 Å². The molecule has 0 aromatic carbocycles. The minimum atomic E-state index is -0.419. The topological polar surface area (TPSA) is 18.5 Å². The second-order valence-electron chi connectivity index (χ2n) is 4.85. The lowest BCUT2D eigenvalue weighted by atomic mass is 9.95. The number of ether oxygens (including phenoxy) is 2. The summed E-state index contributed by atoms with van der Waals surface area (Å²) in [6, 6.07) is 0. The summed E-state index contributed by atoms with van der Waals surface area (Å²) < 4.78 is 11.7. The van der Waals surface area contributed by atoms with Gasteiger partial charge in [-0.25, -0.2) is 0 Å². The molecule has 1 saturated carbocycles. The first kappa shape index (κ1) is 8.69. The highest BCUT2D eigenvalue weighted by molar-refractivity contribution is 5.31. The first-order chi connectivity index (χ1) is 6.66. The van der Waals surface area contributed by atoms with Gasteiger partial charge in [0.1, 0.15) is 12.2 Å². The number of allylic oxidation sites excluding steroid dienone is 2. The first-order valence-corrected chi connectivity index (χ1v) is 5.40. The molecule has 0 N–H and O–H groups in total. The average molecular weight is 192 g/mol. The molecule has 0 aromatic rings. The molecule has 3 aliphatic rings. The van der Waals surface area contributed by atoms with E-state index >= 15 is 0 Å². The van der Waals surface area contributed by atoms with Crippen molar-refractivity contribution >= 4 is 0 Å². The van der Waals surface area contributed by atoms with Crippen molar-refractivity contribution in [3.05, 3.63) is 23.8 Å². The minimum Gasteiger partial charge on any atom is -0.340 e. The normalized spacial score (nSPS) is 39.4. The van der Waals surface area contributed by atoms with E-state index in [4.69, 9.17) is 9.47 Å². The van der Waals surface area contributed by atoms with Crippen LogP contribution < -0.4 is 0 Å². The monoisotopic (exact) mass is 192 g/mol. The lowest BCUT2D eigenvalue weighted by Gasteiger charge is -2.20. The highest BCUT2D eigenvalue weighted by atomic mass is 16.7. The van der Waals surface area contributed by atoms with Gasteiger partial charge in [-0.15, -0.1) is 0 Å². The third-order valence-electron chi connectivity index (χ3n) is 3.10. The van der Waals surface area contributed by atoms with Crippen molar-refractivity contribution in [1.82, 2.24) is 0 Å². The summed E-state index contributed by atoms with van der Waals surface area (Å²) in [6.07, 6.45) is 9.40. The van der Waals surface area contributed by atoms with Crippen molar-refractivity contribution < 1.29 is 9.47 Å². The molecule has 0 radical (unpaired) electrons. The highest BCUT2D eigenvalue weighted by Crippen LogP contribution is 2.45. The van der Waals surface area contributed by atoms with Gasteiger partial charge in [-0.2, -0.15) is 0 Å². The zero-order valence-electron chi connectivity index (χ0n) is 8.69. The first-order valence-electron chi connectivity index (χ1n) is 5.40. The van der Waals surface area contributed by atoms with Crippen LogP contribution in [-0.4, -0.2) is 18.0 Å². The van der Waals surface area contributed by atoms with E-state index in [0.29, 0.717) is 0 Å². The van der Waals surface area contributed by atoms with E-state index in [9.17, 15) is 0 Å². The molecule has 2 unspecified atom stereocenters. The molecule has 2 nitrogen and oxygen atoms in total. The van der Waals surface area contributed by atoms with Crippen LogP contribution in [0.15, 0.2) is 23.8 Å². The van der Waals surface area contributed by atoms with Gasteiger partial charge < -0.3 is 9.47 Å². The molecule has 2 aliphatic carbocycles. The minimum absolute atomic E-state index is 0.144. The molecular formula is C12H16O2. The molecule has 0 spiro atoms. The van der Waals surface area contributed by atoms with Crippen molar-refractivity contribution in [1.29, 1.82) is 0 Å². The van der Waals surface area contributed by atoms with Crippen LogP contribution in [0.2, 0.25) is 0 Å². The van der Waals surface area contributed by atoms with E-state index in [0.717, 1.165) is 5.92 Å². The van der Waals surface area contributed by atoms with Gasteiger partial charge in [-0.1, -0.05) is 18.2 Å². The molecule has 2 fully saturated rings. The molecule has 1 saturated heterocycles. The number of hydrogen-bond acceptors (Lipinski definition) is 2. The fourth-order valence-corrected chi connectivity index (χ4v) is 2.34. The van der Waals surface area contributed by atoms with Gasteiger partial charge in [0.2, 0.25) is 0 Å². The maximum Gasteiger partial charge on any atom is 0.164 e. The smallest absolute Gasteiger partial charge is 0.164 e. The summed E-state index contributed by atoms with van der Waals surface area (Å²) in [4.78, 5) is 0. The van der Waals surface area contributed by atoms with Gasteiger partial charge >= 0.3 is 0 Å². The Morgan fingerprint density at radius 1 is 1.29 bits per heavy atom. The fraction of sp³-hybridized carbons (Fsp3) is 0.667. The summed E-state index contributed by atoms with van der Waals surface area (Å²) in [5.74, 6) is 0.350. The Kier molecular flexibility index (Phi) is 1.68. The largest absolute Gasteiger partial charge is 0.340 e. The van der Waals surface area contributed by atoms with Crippen LogP contribution in [0.5, 0.6) is 0 Å². The molecule has 0 aromatic heterocycles. The third-order valence-corrected chi connectivity index (χ3v) is 3.10. The van der Waals surface area contributed by atoms with E-state index in [-0.39, 0.29) is 12.2 Å². The van der Waals surface area contributed by atoms with Crippen LogP contribution >= 0.6 is 0 Å². The van der Waals surface area contributed by atoms with E-state index < -0.39 is 5.79 Å². The summed E-state index contributed by atoms with van der Waals surface area (Å²) in [5.41, 5.74) is 1.45. The van der Waals surface area contributed by atoms with Gasteiger partial charge in [-0.05, 0) is 38.2 Å². The second kappa shape index (κ2) is 2.71. The molecular weight excluding hydrogens is 176 g/mol. The Bertz CT molecular complexity index is 310. The van der Waals surface area contributed by atoms with Gasteiger partial charge in [0.15, 0.2) is 5.79 Å². The molecule has 2 heteroatoms. The molecule has 2 atom stereocenters. The van der Waals surface area contributed by atoms with Crippen molar-refractivity contribution in [2.45, 2.75) is 44.7 Å². The number of fused-ring (bicyclic) bond motifs is 1. The average Bonchev–Trinajstić information content (AvgIpc) is 2.86. The molecule has 1 heterocycles. The lowest BCUT2D eigenvalue weighted by Crippen LogP contribution is -2.26. The van der Waals surface area contributed by atoms with E-state index in [1.165, 1.54) is 18.4 Å². The molecule has 76 valence electrons. The van der Waals surface area contributed by atoms with E-state index in [1.54, 1.807) is 0 Å². The van der Waals surface area contributed by atoms with Gasteiger partial charge in [0.05, 0.1) is 0 Å². The van der Waals surface area contributed by atoms with Gasteiger partial charge in [0, 0.05) is 0 Å². The molecule has 14 heavy (non-hydrogen) atoms. The quantitative estimate of drug-likeness (QED) is 0.635. The Labute approximate surface area is 84.6 Å². The molecule has 3 rings (SSSR count). The number of hydrogen-bond donors (Lipinski definition) is 0. The maximum atomic E-state index is 5.92. The number of rotatable bonds is 1. The van der Waals surface area contributed by atoms with Crippen molar-refractivity contribution in [3.63, 3.8) is 0 Å². The lowest BCUT2D eigenvalue weighted by molar-refractivity contribution is -0.139. The van der Waals surface area contributed by atoms with Crippen LogP contribution in [0.1, 0.15) is 26.7 Å². The van der Waals surface area contributed by atoms with Gasteiger partial charge in [-0.3, -0.25) is 0 Å². The van der Waals surface area contributed by atoms with Crippen LogP contribution in [0.3, 0.4) is 0 Å². The van der Waals surface area contributed by atoms with Crippen LogP contribution in [0.25, 0.3) is 0 Å². The summed E-state index contributed by atoms with van der Waals surface area (Å²) in [6.45, 7) is 3.98. The Morgan fingerprint density at radius 3 is 2.79 bits per heavy atom. The summed E-state index contributed by atoms with van der Waals surface area (Å²) in [7, 11) is 0. The van der Waals surface area contributed by atoms with Gasteiger partial charge in [0.25, 0.3) is 0 Å². The Morgan fingerprint density at radius 2 is 2.07 bits per heavy atom. The standard InChI is InChI=1S/C12H16O2/c1-12(2)13-10-5-3-4-9(8-6-7-8)11(10)14-12/h3-5,8,10-11H,6-7H2,1-2H3. The Balaban J connectivity index is 1.88. The van der Waals surface area contributed by atoms with Crippen LogP contribution in [-0.2, 0) is 9.47 Å². The zero-order chi connectivity index (χ0) is 9.76. The van der Waals surface area contributed by atoms with Crippen LogP contribution in [0.4, 0.5) is 0 Å². The predicted octanol–water partition coefficient (Wildman–Crippen LogP) is 2.41. The van der Waals surface area contributed by atoms with Crippen molar-refractivity contribution in [3.8, 4) is 0 Å². The predicted molar refractivity (Wildman–Crippen MR) is 53.8 cm³/mol. The van der Waals surface area contributed by atoms with Crippen molar-refractivity contribution in [2.24, 2.45) is 5.92 Å². The SMILES string of the molecule is CC1(C)OC2C=CC=C(C3CC3)C2O1. The molecule has 0 amide bonds. The summed E-state index contributed by atoms with van der Waals surface area (Å²) >= 11 is 0. The zero-order valence-corrected chi connectivity index (χ0v) is 8.69. The summed E-state index contributed by atoms with van der Waals surface area (Å²) in [5, 5.41) is 0. The highest BCUT2D eigenvalue weighted by Gasteiger charge is 2.45. The van der Waals surface area contributed by atoms with E-state index in [1.807, 2.05) is 13.8 Å². The van der Waals surface area contributed by atoms with E-state index in [2.05, 4.69) is 18.2 Å². The maximum absolute atomic E-state index is 5.92. The molecule has 1 aliphatic heterocycles. The third kappa shape index (κ3) is 1.33. The van der Waals surface area contributed by atoms with Crippen molar-refractivity contribution in [2.75, 3.05) is 0 Å². The molecule has 0 bridgehead atoms.